The van der Waals surface area contributed by atoms with Gasteiger partial charge < -0.3 is 20.0 Å². The highest BCUT2D eigenvalue weighted by atomic mass is 16.5. The van der Waals surface area contributed by atoms with E-state index in [0.717, 1.165) is 19.3 Å². The first kappa shape index (κ1) is 17.8. The van der Waals surface area contributed by atoms with Crippen molar-refractivity contribution in [2.45, 2.75) is 32.4 Å². The van der Waals surface area contributed by atoms with Crippen LogP contribution in [0.5, 0.6) is 0 Å². The number of hydrogen-bond donors (Lipinski definition) is 2. The van der Waals surface area contributed by atoms with Crippen LogP contribution < -0.4 is 5.32 Å². The summed E-state index contributed by atoms with van der Waals surface area (Å²) in [5.41, 5.74) is 1.22. The fourth-order valence-electron chi connectivity index (χ4n) is 1.35. The molecule has 4 heteroatoms. The van der Waals surface area contributed by atoms with Crippen molar-refractivity contribution < 1.29 is 14.6 Å². The van der Waals surface area contributed by atoms with Gasteiger partial charge in [0.15, 0.2) is 0 Å². The second kappa shape index (κ2) is 13.2. The Labute approximate surface area is 115 Å². The highest BCUT2D eigenvalue weighted by Crippen LogP contribution is 1.96. The van der Waals surface area contributed by atoms with Gasteiger partial charge >= 0.3 is 0 Å². The maximum Gasteiger partial charge on any atom is 0.119 e. The molecule has 1 atom stereocenters. The number of carbonyl (C=O) groups excluding carboxylic acids is 1. The number of methoxy groups -OCH3 is 1. The third-order valence-corrected chi connectivity index (χ3v) is 2.32. The first-order valence-electron chi connectivity index (χ1n) is 6.59. The molecule has 2 N–H and O–H groups in total. The molecule has 0 aliphatic carbocycles. The van der Waals surface area contributed by atoms with Crippen LogP contribution in [0.15, 0.2) is 30.3 Å². The molecule has 0 saturated heterocycles. The fourth-order valence-corrected chi connectivity index (χ4v) is 1.35. The van der Waals surface area contributed by atoms with Gasteiger partial charge in [-0.15, -0.1) is 0 Å². The fraction of sp³-hybridized carbons (Fsp3) is 0.533. The summed E-state index contributed by atoms with van der Waals surface area (Å²) in [4.78, 5) is 9.40. The van der Waals surface area contributed by atoms with Crippen LogP contribution >= 0.6 is 0 Å². The van der Waals surface area contributed by atoms with Crippen LogP contribution in [-0.4, -0.2) is 37.8 Å². The molecule has 0 aliphatic heterocycles. The predicted octanol–water partition coefficient (Wildman–Crippen LogP) is 1.77. The third kappa shape index (κ3) is 11.6. The number of ether oxygens (including phenoxy) is 1. The number of carbonyl (C=O) groups is 1. The first-order chi connectivity index (χ1) is 9.24. The summed E-state index contributed by atoms with van der Waals surface area (Å²) >= 11 is 0. The third-order valence-electron chi connectivity index (χ3n) is 2.32. The summed E-state index contributed by atoms with van der Waals surface area (Å²) in [5.74, 6) is 0. The number of nitrogens with one attached hydrogen (secondary N) is 1. The van der Waals surface area contributed by atoms with Gasteiger partial charge in [-0.2, -0.15) is 0 Å². The van der Waals surface area contributed by atoms with Gasteiger partial charge in [-0.3, -0.25) is 0 Å². The highest BCUT2D eigenvalue weighted by Gasteiger charge is 2.01. The molecule has 1 unspecified atom stereocenters. The topological polar surface area (TPSA) is 58.6 Å². The van der Waals surface area contributed by atoms with Gasteiger partial charge in [0.25, 0.3) is 0 Å². The monoisotopic (exact) mass is 267 g/mol. The summed E-state index contributed by atoms with van der Waals surface area (Å²) in [6, 6.07) is 10.1. The summed E-state index contributed by atoms with van der Waals surface area (Å²) in [6.45, 7) is 3.69. The van der Waals surface area contributed by atoms with E-state index in [1.54, 1.807) is 7.11 Å². The molecular formula is C15H25NO3. The number of hydrogen-bond acceptors (Lipinski definition) is 4. The molecule has 0 saturated carbocycles. The van der Waals surface area contributed by atoms with Crippen molar-refractivity contribution in [2.75, 3.05) is 20.3 Å². The maximum atomic E-state index is 9.40. The first-order valence-corrected chi connectivity index (χ1v) is 6.59. The Kier molecular flexibility index (Phi) is 12.4. The molecule has 0 fully saturated rings. The van der Waals surface area contributed by atoms with Crippen molar-refractivity contribution in [3.63, 3.8) is 0 Å². The highest BCUT2D eigenvalue weighted by molar-refractivity contribution is 5.48. The molecule has 0 radical (unpaired) electrons. The van der Waals surface area contributed by atoms with Gasteiger partial charge in [0, 0.05) is 26.6 Å². The molecule has 1 aromatic carbocycles. The minimum atomic E-state index is -0.427. The molecule has 4 nitrogen and oxygen atoms in total. The molecule has 19 heavy (non-hydrogen) atoms. The Balaban J connectivity index is 0.000000555. The van der Waals surface area contributed by atoms with E-state index in [1.165, 1.54) is 5.56 Å². The largest absolute Gasteiger partial charge is 0.389 e. The van der Waals surface area contributed by atoms with Gasteiger partial charge in [0.1, 0.15) is 6.29 Å². The van der Waals surface area contributed by atoms with Gasteiger partial charge in [-0.25, -0.2) is 0 Å². The smallest absolute Gasteiger partial charge is 0.119 e. The van der Waals surface area contributed by atoms with E-state index in [4.69, 9.17) is 4.74 Å². The van der Waals surface area contributed by atoms with E-state index in [0.29, 0.717) is 19.6 Å². The Bertz CT molecular complexity index is 304. The van der Waals surface area contributed by atoms with Crippen LogP contribution in [0.1, 0.15) is 25.3 Å². The molecule has 0 aliphatic rings. The van der Waals surface area contributed by atoms with Crippen LogP contribution in [0.2, 0.25) is 0 Å². The molecule has 0 aromatic heterocycles. The number of aliphatic hydroxyl groups is 1. The lowest BCUT2D eigenvalue weighted by Gasteiger charge is -2.10. The van der Waals surface area contributed by atoms with Crippen molar-refractivity contribution >= 4 is 6.29 Å². The van der Waals surface area contributed by atoms with Crippen molar-refractivity contribution in [2.24, 2.45) is 0 Å². The van der Waals surface area contributed by atoms with E-state index in [2.05, 4.69) is 17.4 Å². The quantitative estimate of drug-likeness (QED) is 0.705. The average Bonchev–Trinajstić information content (AvgIpc) is 2.42. The van der Waals surface area contributed by atoms with Gasteiger partial charge in [0.05, 0.1) is 12.7 Å². The second-order valence-electron chi connectivity index (χ2n) is 4.18. The number of benzene rings is 1. The summed E-state index contributed by atoms with van der Waals surface area (Å²) in [7, 11) is 1.58. The number of rotatable bonds is 8. The van der Waals surface area contributed by atoms with Crippen molar-refractivity contribution in [1.29, 1.82) is 0 Å². The van der Waals surface area contributed by atoms with Gasteiger partial charge in [-0.05, 0) is 12.0 Å². The Morgan fingerprint density at radius 1 is 1.37 bits per heavy atom. The average molecular weight is 267 g/mol. The van der Waals surface area contributed by atoms with E-state index >= 15 is 0 Å². The number of unbranched alkanes of at least 4 members (excludes halogenated alkanes) is 1. The van der Waals surface area contributed by atoms with Crippen molar-refractivity contribution in [3.05, 3.63) is 35.9 Å². The summed E-state index contributed by atoms with van der Waals surface area (Å²) in [5, 5.41) is 12.5. The molecule has 0 spiro atoms. The lowest BCUT2D eigenvalue weighted by molar-refractivity contribution is -0.107. The predicted molar refractivity (Wildman–Crippen MR) is 77.0 cm³/mol. The Morgan fingerprint density at radius 2 is 2.05 bits per heavy atom. The lowest BCUT2D eigenvalue weighted by atomic mass is 10.2. The van der Waals surface area contributed by atoms with Crippen LogP contribution in [0.4, 0.5) is 0 Å². The number of aldehydes is 1. The van der Waals surface area contributed by atoms with E-state index < -0.39 is 6.10 Å². The molecule has 0 heterocycles. The van der Waals surface area contributed by atoms with Crippen molar-refractivity contribution in [3.8, 4) is 0 Å². The minimum absolute atomic E-state index is 0.377. The van der Waals surface area contributed by atoms with Gasteiger partial charge in [0.2, 0.25) is 0 Å². The van der Waals surface area contributed by atoms with Crippen LogP contribution in [0.3, 0.4) is 0 Å². The molecule has 0 amide bonds. The lowest BCUT2D eigenvalue weighted by Crippen LogP contribution is -2.29. The zero-order chi connectivity index (χ0) is 14.3. The van der Waals surface area contributed by atoms with Crippen molar-refractivity contribution in [1.82, 2.24) is 5.32 Å². The van der Waals surface area contributed by atoms with E-state index in [1.807, 2.05) is 25.1 Å². The maximum absolute atomic E-state index is 9.40. The van der Waals surface area contributed by atoms with E-state index in [9.17, 15) is 9.90 Å². The molecule has 0 bridgehead atoms. The zero-order valence-corrected chi connectivity index (χ0v) is 11.8. The molecule has 108 valence electrons. The van der Waals surface area contributed by atoms with Crippen LogP contribution in [-0.2, 0) is 16.1 Å². The number of aliphatic hydroxyl groups excluding tert-OH is 1. The standard InChI is InChI=1S/C11H17NO2.C4H8O/c1-14-9-11(13)8-12-7-10-5-3-2-4-6-10;1-2-3-4-5/h2-6,11-13H,7-9H2,1H3;4H,2-3H2,1H3. The summed E-state index contributed by atoms with van der Waals surface area (Å²) in [6.07, 6.45) is 2.19. The SMILES string of the molecule is CCCC=O.COCC(O)CNCc1ccccc1. The minimum Gasteiger partial charge on any atom is -0.389 e. The zero-order valence-electron chi connectivity index (χ0n) is 11.8. The van der Waals surface area contributed by atoms with Crippen LogP contribution in [0, 0.1) is 0 Å². The molecular weight excluding hydrogens is 242 g/mol. The molecule has 1 aromatic rings. The normalized spacial score (nSPS) is 11.3. The summed E-state index contributed by atoms with van der Waals surface area (Å²) < 4.78 is 4.82. The van der Waals surface area contributed by atoms with Gasteiger partial charge in [-0.1, -0.05) is 37.3 Å². The Hall–Kier alpha value is -1.23. The Morgan fingerprint density at radius 3 is 2.53 bits per heavy atom. The second-order valence-corrected chi connectivity index (χ2v) is 4.18. The van der Waals surface area contributed by atoms with E-state index in [-0.39, 0.29) is 0 Å². The van der Waals surface area contributed by atoms with Crippen LogP contribution in [0.25, 0.3) is 0 Å². The molecule has 1 rings (SSSR count).